The van der Waals surface area contributed by atoms with Crippen LogP contribution in [0.5, 0.6) is 0 Å². The van der Waals surface area contributed by atoms with Gasteiger partial charge in [-0.25, -0.2) is 4.39 Å². The lowest BCUT2D eigenvalue weighted by molar-refractivity contribution is 0.591. The normalized spacial score (nSPS) is 12.7. The Morgan fingerprint density at radius 3 is 2.60 bits per heavy atom. The van der Waals surface area contributed by atoms with Gasteiger partial charge in [-0.2, -0.15) is 0 Å². The molecule has 0 spiro atoms. The quantitative estimate of drug-likeness (QED) is 0.752. The van der Waals surface area contributed by atoms with Crippen molar-refractivity contribution in [1.82, 2.24) is 5.32 Å². The Morgan fingerprint density at radius 1 is 1.30 bits per heavy atom. The third-order valence-electron chi connectivity index (χ3n) is 3.04. The summed E-state index contributed by atoms with van der Waals surface area (Å²) in [4.78, 5) is 1.09. The van der Waals surface area contributed by atoms with Crippen LogP contribution in [0.4, 0.5) is 4.39 Å². The molecule has 0 aliphatic rings. The van der Waals surface area contributed by atoms with E-state index in [0.29, 0.717) is 0 Å². The van der Waals surface area contributed by atoms with Crippen molar-refractivity contribution >= 4 is 34.5 Å². The highest BCUT2D eigenvalue weighted by Gasteiger charge is 2.18. The molecule has 108 valence electrons. The monoisotopic (exact) mass is 331 g/mol. The second-order valence-electron chi connectivity index (χ2n) is 4.67. The minimum atomic E-state index is -0.396. The fourth-order valence-corrected chi connectivity index (χ4v) is 3.43. The van der Waals surface area contributed by atoms with Gasteiger partial charge in [0.25, 0.3) is 0 Å². The van der Waals surface area contributed by atoms with Gasteiger partial charge >= 0.3 is 0 Å². The molecule has 0 amide bonds. The molecule has 0 aliphatic heterocycles. The minimum Gasteiger partial charge on any atom is -0.306 e. The van der Waals surface area contributed by atoms with Gasteiger partial charge in [0.1, 0.15) is 5.82 Å². The first-order chi connectivity index (χ1) is 9.52. The highest BCUT2D eigenvalue weighted by molar-refractivity contribution is 7.16. The zero-order valence-corrected chi connectivity index (χ0v) is 13.7. The second-order valence-corrected chi connectivity index (χ2v) is 6.76. The van der Waals surface area contributed by atoms with E-state index in [4.69, 9.17) is 23.2 Å². The standard InChI is InChI=1S/C15H16Cl2FNS/c1-3-6-19-14(13-7-9(2)15(17)20-13)10-4-5-11(16)12(18)8-10/h4-5,7-8,14,19H,3,6H2,1-2H3. The average molecular weight is 332 g/mol. The molecule has 1 aromatic carbocycles. The van der Waals surface area contributed by atoms with E-state index in [-0.39, 0.29) is 11.1 Å². The van der Waals surface area contributed by atoms with Crippen LogP contribution in [0.2, 0.25) is 9.36 Å². The van der Waals surface area contributed by atoms with Gasteiger partial charge in [-0.3, -0.25) is 0 Å². The smallest absolute Gasteiger partial charge is 0.142 e. The summed E-state index contributed by atoms with van der Waals surface area (Å²) in [5.41, 5.74) is 1.91. The van der Waals surface area contributed by atoms with Crippen LogP contribution in [0.25, 0.3) is 0 Å². The summed E-state index contributed by atoms with van der Waals surface area (Å²) in [5, 5.41) is 3.57. The predicted molar refractivity (Wildman–Crippen MR) is 85.6 cm³/mol. The Balaban J connectivity index is 2.38. The van der Waals surface area contributed by atoms with Crippen LogP contribution >= 0.6 is 34.5 Å². The Bertz CT molecular complexity index is 578. The predicted octanol–water partition coefficient (Wildman–Crippen LogP) is 5.59. The van der Waals surface area contributed by atoms with Crippen molar-refractivity contribution in [2.45, 2.75) is 26.3 Å². The fraction of sp³-hybridized carbons (Fsp3) is 0.333. The highest BCUT2D eigenvalue weighted by atomic mass is 35.5. The minimum absolute atomic E-state index is 0.0575. The molecule has 5 heteroatoms. The number of benzene rings is 1. The molecule has 2 aromatic rings. The van der Waals surface area contributed by atoms with E-state index in [0.717, 1.165) is 33.3 Å². The van der Waals surface area contributed by atoms with Gasteiger partial charge in [0.2, 0.25) is 0 Å². The molecule has 0 fully saturated rings. The average Bonchev–Trinajstić information content (AvgIpc) is 2.74. The van der Waals surface area contributed by atoms with Gasteiger partial charge in [-0.1, -0.05) is 36.2 Å². The Kier molecular flexibility index (Phi) is 5.44. The molecule has 0 saturated carbocycles. The van der Waals surface area contributed by atoms with Gasteiger partial charge in [-0.15, -0.1) is 11.3 Å². The molecule has 0 bridgehead atoms. The van der Waals surface area contributed by atoms with Crippen molar-refractivity contribution in [2.75, 3.05) is 6.54 Å². The molecule has 1 heterocycles. The van der Waals surface area contributed by atoms with Crippen molar-refractivity contribution in [3.63, 3.8) is 0 Å². The van der Waals surface area contributed by atoms with Crippen molar-refractivity contribution in [2.24, 2.45) is 0 Å². The summed E-state index contributed by atoms with van der Waals surface area (Å²) < 4.78 is 14.5. The Hall–Kier alpha value is -0.610. The van der Waals surface area contributed by atoms with E-state index in [1.165, 1.54) is 17.4 Å². The second kappa shape index (κ2) is 6.90. The number of halogens is 3. The first-order valence-electron chi connectivity index (χ1n) is 6.47. The third kappa shape index (κ3) is 3.53. The topological polar surface area (TPSA) is 12.0 Å². The maximum Gasteiger partial charge on any atom is 0.142 e. The molecule has 0 aliphatic carbocycles. The van der Waals surface area contributed by atoms with Gasteiger partial charge in [-0.05, 0) is 49.2 Å². The van der Waals surface area contributed by atoms with Crippen LogP contribution in [-0.2, 0) is 0 Å². The van der Waals surface area contributed by atoms with Crippen molar-refractivity contribution in [3.05, 3.63) is 55.4 Å². The molecule has 1 atom stereocenters. The summed E-state index contributed by atoms with van der Waals surface area (Å²) in [7, 11) is 0. The first kappa shape index (κ1) is 15.8. The van der Waals surface area contributed by atoms with Crippen LogP contribution in [0.3, 0.4) is 0 Å². The van der Waals surface area contributed by atoms with Gasteiger partial charge in [0, 0.05) is 4.88 Å². The molecule has 1 N–H and O–H groups in total. The van der Waals surface area contributed by atoms with E-state index in [2.05, 4.69) is 12.2 Å². The van der Waals surface area contributed by atoms with Crippen molar-refractivity contribution in [1.29, 1.82) is 0 Å². The molecule has 20 heavy (non-hydrogen) atoms. The molecule has 1 unspecified atom stereocenters. The zero-order valence-electron chi connectivity index (χ0n) is 11.3. The largest absolute Gasteiger partial charge is 0.306 e. The molecule has 1 aromatic heterocycles. The number of hydrogen-bond acceptors (Lipinski definition) is 2. The van der Waals surface area contributed by atoms with Crippen LogP contribution in [-0.4, -0.2) is 6.54 Å². The number of thiophene rings is 1. The fourth-order valence-electron chi connectivity index (χ4n) is 1.99. The molecular formula is C15H16Cl2FNS. The van der Waals surface area contributed by atoms with E-state index < -0.39 is 5.82 Å². The van der Waals surface area contributed by atoms with E-state index in [9.17, 15) is 4.39 Å². The summed E-state index contributed by atoms with van der Waals surface area (Å²) in [6, 6.07) is 6.92. The lowest BCUT2D eigenvalue weighted by atomic mass is 10.0. The SMILES string of the molecule is CCCNC(c1ccc(Cl)c(F)c1)c1cc(C)c(Cl)s1. The van der Waals surface area contributed by atoms with Crippen molar-refractivity contribution in [3.8, 4) is 0 Å². The summed E-state index contributed by atoms with van der Waals surface area (Å²) >= 11 is 13.4. The van der Waals surface area contributed by atoms with Gasteiger partial charge in [0.15, 0.2) is 0 Å². The van der Waals surface area contributed by atoms with E-state index in [1.807, 2.05) is 19.1 Å². The molecular weight excluding hydrogens is 316 g/mol. The van der Waals surface area contributed by atoms with Crippen molar-refractivity contribution < 1.29 is 4.39 Å². The maximum atomic E-state index is 13.7. The highest BCUT2D eigenvalue weighted by Crippen LogP contribution is 2.34. The van der Waals surface area contributed by atoms with Gasteiger partial charge < -0.3 is 5.32 Å². The molecule has 0 saturated heterocycles. The van der Waals surface area contributed by atoms with Crippen LogP contribution in [0.1, 0.15) is 35.4 Å². The molecule has 1 nitrogen and oxygen atoms in total. The van der Waals surface area contributed by atoms with Gasteiger partial charge in [0.05, 0.1) is 15.4 Å². The zero-order chi connectivity index (χ0) is 14.7. The summed E-state index contributed by atoms with van der Waals surface area (Å²) in [6.07, 6.45) is 1.00. The Labute approximate surface area is 132 Å². The van der Waals surface area contributed by atoms with Crippen LogP contribution < -0.4 is 5.32 Å². The maximum absolute atomic E-state index is 13.7. The first-order valence-corrected chi connectivity index (χ1v) is 8.04. The molecule has 2 rings (SSSR count). The Morgan fingerprint density at radius 2 is 2.05 bits per heavy atom. The third-order valence-corrected chi connectivity index (χ3v) is 4.96. The molecule has 0 radical (unpaired) electrons. The van der Waals surface area contributed by atoms with Crippen LogP contribution in [0, 0.1) is 12.7 Å². The lowest BCUT2D eigenvalue weighted by Crippen LogP contribution is -2.22. The number of nitrogens with one attached hydrogen (secondary N) is 1. The van der Waals surface area contributed by atoms with Crippen LogP contribution in [0.15, 0.2) is 24.3 Å². The van der Waals surface area contributed by atoms with E-state index >= 15 is 0 Å². The lowest BCUT2D eigenvalue weighted by Gasteiger charge is -2.18. The summed E-state index contributed by atoms with van der Waals surface area (Å²) in [6.45, 7) is 4.92. The number of rotatable bonds is 5. The number of hydrogen-bond donors (Lipinski definition) is 1. The van der Waals surface area contributed by atoms with E-state index in [1.54, 1.807) is 6.07 Å². The number of aryl methyl sites for hydroxylation is 1. The summed E-state index contributed by atoms with van der Waals surface area (Å²) in [5.74, 6) is -0.396.